The van der Waals surface area contributed by atoms with Crippen molar-refractivity contribution >= 4 is 6.03 Å². The molecule has 128 valence electrons. The van der Waals surface area contributed by atoms with Gasteiger partial charge in [0.1, 0.15) is 5.82 Å². The van der Waals surface area contributed by atoms with E-state index in [4.69, 9.17) is 0 Å². The fraction of sp³-hybridized carbons (Fsp3) is 0.444. The zero-order valence-electron chi connectivity index (χ0n) is 14.1. The molecule has 0 saturated heterocycles. The third kappa shape index (κ3) is 3.42. The van der Waals surface area contributed by atoms with Crippen molar-refractivity contribution in [2.75, 3.05) is 6.54 Å². The summed E-state index contributed by atoms with van der Waals surface area (Å²) in [6.45, 7) is 2.89. The number of amides is 2. The van der Waals surface area contributed by atoms with Gasteiger partial charge in [-0.2, -0.15) is 5.10 Å². The van der Waals surface area contributed by atoms with Gasteiger partial charge in [0.15, 0.2) is 0 Å². The Kier molecular flexibility index (Phi) is 4.83. The summed E-state index contributed by atoms with van der Waals surface area (Å²) in [5, 5.41) is 7.42. The van der Waals surface area contributed by atoms with Gasteiger partial charge in [-0.25, -0.2) is 9.18 Å². The number of carbonyl (C=O) groups is 1. The van der Waals surface area contributed by atoms with E-state index in [0.717, 1.165) is 30.4 Å². The largest absolute Gasteiger partial charge is 0.331 e. The van der Waals surface area contributed by atoms with E-state index in [1.54, 1.807) is 11.0 Å². The number of urea groups is 1. The normalized spacial score (nSPS) is 16.5. The van der Waals surface area contributed by atoms with Crippen LogP contribution in [-0.4, -0.2) is 27.3 Å². The predicted molar refractivity (Wildman–Crippen MR) is 89.9 cm³/mol. The molecule has 1 aromatic carbocycles. The Bertz CT molecular complexity index is 728. The van der Waals surface area contributed by atoms with Crippen molar-refractivity contribution in [2.45, 2.75) is 38.8 Å². The summed E-state index contributed by atoms with van der Waals surface area (Å²) < 4.78 is 15.2. The summed E-state index contributed by atoms with van der Waals surface area (Å²) in [4.78, 5) is 14.3. The molecule has 1 aliphatic rings. The number of nitrogens with zero attached hydrogens (tertiary/aromatic N) is 3. The Morgan fingerprint density at radius 1 is 1.50 bits per heavy atom. The molecule has 24 heavy (non-hydrogen) atoms. The van der Waals surface area contributed by atoms with Crippen LogP contribution in [0.5, 0.6) is 0 Å². The number of aromatic nitrogens is 2. The number of hydrogen-bond acceptors (Lipinski definition) is 2. The molecule has 0 radical (unpaired) electrons. The molecule has 0 spiro atoms. The SMILES string of the molecule is CCN(Cc1cccc(F)c1)C(=O)NC1CCCc2c1cnn2C. The summed E-state index contributed by atoms with van der Waals surface area (Å²) in [6.07, 6.45) is 4.80. The van der Waals surface area contributed by atoms with E-state index < -0.39 is 0 Å². The third-order valence-corrected chi connectivity index (χ3v) is 4.60. The quantitative estimate of drug-likeness (QED) is 0.936. The monoisotopic (exact) mass is 330 g/mol. The minimum atomic E-state index is -0.281. The van der Waals surface area contributed by atoms with E-state index in [1.807, 2.05) is 30.9 Å². The number of hydrogen-bond donors (Lipinski definition) is 1. The maximum Gasteiger partial charge on any atom is 0.318 e. The van der Waals surface area contributed by atoms with Crippen molar-refractivity contribution in [3.8, 4) is 0 Å². The van der Waals surface area contributed by atoms with Gasteiger partial charge in [0.25, 0.3) is 0 Å². The molecule has 0 saturated carbocycles. The van der Waals surface area contributed by atoms with Gasteiger partial charge in [-0.15, -0.1) is 0 Å². The average Bonchev–Trinajstić information content (AvgIpc) is 2.95. The summed E-state index contributed by atoms with van der Waals surface area (Å²) in [7, 11) is 1.94. The highest BCUT2D eigenvalue weighted by atomic mass is 19.1. The smallest absolute Gasteiger partial charge is 0.318 e. The lowest BCUT2D eigenvalue weighted by molar-refractivity contribution is 0.192. The minimum Gasteiger partial charge on any atom is -0.331 e. The molecule has 2 amide bonds. The Balaban J connectivity index is 1.69. The van der Waals surface area contributed by atoms with Crippen LogP contribution in [0.1, 0.15) is 42.6 Å². The van der Waals surface area contributed by atoms with Crippen molar-refractivity contribution in [2.24, 2.45) is 7.05 Å². The van der Waals surface area contributed by atoms with Crippen LogP contribution in [0.25, 0.3) is 0 Å². The molecule has 2 aromatic rings. The molecule has 6 heteroatoms. The molecule has 1 aliphatic carbocycles. The first-order valence-corrected chi connectivity index (χ1v) is 8.39. The first-order chi connectivity index (χ1) is 11.6. The maximum atomic E-state index is 13.3. The first kappa shape index (κ1) is 16.5. The molecule has 1 unspecified atom stereocenters. The van der Waals surface area contributed by atoms with E-state index in [2.05, 4.69) is 10.4 Å². The van der Waals surface area contributed by atoms with E-state index in [-0.39, 0.29) is 17.9 Å². The van der Waals surface area contributed by atoms with E-state index in [0.29, 0.717) is 13.1 Å². The number of benzene rings is 1. The fourth-order valence-corrected chi connectivity index (χ4v) is 3.28. The molecule has 0 bridgehead atoms. The minimum absolute atomic E-state index is 0.00323. The van der Waals surface area contributed by atoms with Gasteiger partial charge in [-0.3, -0.25) is 4.68 Å². The lowest BCUT2D eigenvalue weighted by atomic mass is 9.93. The van der Waals surface area contributed by atoms with Gasteiger partial charge in [-0.05, 0) is 43.9 Å². The summed E-state index contributed by atoms with van der Waals surface area (Å²) >= 11 is 0. The zero-order chi connectivity index (χ0) is 17.1. The third-order valence-electron chi connectivity index (χ3n) is 4.60. The molecule has 0 fully saturated rings. The molecule has 3 rings (SSSR count). The Morgan fingerprint density at radius 3 is 3.08 bits per heavy atom. The summed E-state index contributed by atoms with van der Waals surface area (Å²) in [5.74, 6) is -0.281. The number of fused-ring (bicyclic) bond motifs is 1. The van der Waals surface area contributed by atoms with Gasteiger partial charge < -0.3 is 10.2 Å². The van der Waals surface area contributed by atoms with Gasteiger partial charge in [-0.1, -0.05) is 12.1 Å². The highest BCUT2D eigenvalue weighted by molar-refractivity contribution is 5.74. The Labute approximate surface area is 141 Å². The Hall–Kier alpha value is -2.37. The second-order valence-corrected chi connectivity index (χ2v) is 6.21. The van der Waals surface area contributed by atoms with Crippen LogP contribution >= 0.6 is 0 Å². The second kappa shape index (κ2) is 7.03. The molecule has 1 atom stereocenters. The van der Waals surface area contributed by atoms with Crippen LogP contribution in [0.4, 0.5) is 9.18 Å². The number of halogens is 1. The molecular formula is C18H23FN4O. The number of nitrogens with one attached hydrogen (secondary N) is 1. The predicted octanol–water partition coefficient (Wildman–Crippen LogP) is 3.17. The van der Waals surface area contributed by atoms with Crippen LogP contribution in [0, 0.1) is 5.82 Å². The molecule has 1 N–H and O–H groups in total. The molecule has 1 heterocycles. The van der Waals surface area contributed by atoms with Crippen molar-refractivity contribution in [3.63, 3.8) is 0 Å². The Morgan fingerprint density at radius 2 is 2.33 bits per heavy atom. The van der Waals surface area contributed by atoms with E-state index in [1.165, 1.54) is 17.8 Å². The van der Waals surface area contributed by atoms with Crippen molar-refractivity contribution in [1.82, 2.24) is 20.0 Å². The van der Waals surface area contributed by atoms with Crippen molar-refractivity contribution < 1.29 is 9.18 Å². The van der Waals surface area contributed by atoms with Crippen LogP contribution in [0.2, 0.25) is 0 Å². The van der Waals surface area contributed by atoms with Gasteiger partial charge in [0.2, 0.25) is 0 Å². The lowest BCUT2D eigenvalue weighted by Crippen LogP contribution is -2.42. The molecular weight excluding hydrogens is 307 g/mol. The van der Waals surface area contributed by atoms with Crippen LogP contribution < -0.4 is 5.32 Å². The standard InChI is InChI=1S/C18H23FN4O/c1-3-23(12-13-6-4-7-14(19)10-13)18(24)21-16-8-5-9-17-15(16)11-20-22(17)2/h4,6-7,10-11,16H,3,5,8-9,12H2,1-2H3,(H,21,24). The van der Waals surface area contributed by atoms with Crippen molar-refractivity contribution in [3.05, 3.63) is 53.1 Å². The van der Waals surface area contributed by atoms with E-state index in [9.17, 15) is 9.18 Å². The highest BCUT2D eigenvalue weighted by Gasteiger charge is 2.26. The number of carbonyl (C=O) groups excluding carboxylic acids is 1. The molecule has 5 nitrogen and oxygen atoms in total. The highest BCUT2D eigenvalue weighted by Crippen LogP contribution is 2.29. The zero-order valence-corrected chi connectivity index (χ0v) is 14.1. The fourth-order valence-electron chi connectivity index (χ4n) is 3.28. The summed E-state index contributed by atoms with van der Waals surface area (Å²) in [6, 6.07) is 6.25. The first-order valence-electron chi connectivity index (χ1n) is 8.39. The summed E-state index contributed by atoms with van der Waals surface area (Å²) in [5.41, 5.74) is 3.09. The second-order valence-electron chi connectivity index (χ2n) is 6.21. The van der Waals surface area contributed by atoms with Gasteiger partial charge >= 0.3 is 6.03 Å². The molecule has 0 aliphatic heterocycles. The molecule has 1 aromatic heterocycles. The van der Waals surface area contributed by atoms with Crippen LogP contribution in [-0.2, 0) is 20.0 Å². The topological polar surface area (TPSA) is 50.2 Å². The van der Waals surface area contributed by atoms with E-state index >= 15 is 0 Å². The van der Waals surface area contributed by atoms with Crippen molar-refractivity contribution in [1.29, 1.82) is 0 Å². The van der Waals surface area contributed by atoms with Gasteiger partial charge in [0, 0.05) is 31.4 Å². The number of aryl methyl sites for hydroxylation is 1. The van der Waals surface area contributed by atoms with Crippen LogP contribution in [0.3, 0.4) is 0 Å². The maximum absolute atomic E-state index is 13.3. The van der Waals surface area contributed by atoms with Gasteiger partial charge in [0.05, 0.1) is 12.2 Å². The lowest BCUT2D eigenvalue weighted by Gasteiger charge is -2.28. The van der Waals surface area contributed by atoms with Crippen LogP contribution in [0.15, 0.2) is 30.5 Å². The average molecular weight is 330 g/mol. The number of rotatable bonds is 4.